The van der Waals surface area contributed by atoms with Crippen molar-refractivity contribution in [1.82, 2.24) is 10.2 Å². The molecule has 0 radical (unpaired) electrons. The zero-order valence-electron chi connectivity index (χ0n) is 10.7. The molecule has 16 heavy (non-hydrogen) atoms. The molecule has 0 aromatic heterocycles. The summed E-state index contributed by atoms with van der Waals surface area (Å²) in [5, 5.41) is 3.40. The van der Waals surface area contributed by atoms with Gasteiger partial charge in [0.1, 0.15) is 0 Å². The van der Waals surface area contributed by atoms with Crippen LogP contribution in [0.4, 0.5) is 0 Å². The summed E-state index contributed by atoms with van der Waals surface area (Å²) in [5.74, 6) is 3.12. The van der Waals surface area contributed by atoms with Gasteiger partial charge in [0.2, 0.25) is 5.91 Å². The van der Waals surface area contributed by atoms with Gasteiger partial charge in [-0.15, -0.1) is 0 Å². The van der Waals surface area contributed by atoms with Crippen molar-refractivity contribution in [3.05, 3.63) is 0 Å². The van der Waals surface area contributed by atoms with E-state index in [1.54, 1.807) is 0 Å². The van der Waals surface area contributed by atoms with Crippen LogP contribution in [0.2, 0.25) is 0 Å². The maximum atomic E-state index is 11.9. The van der Waals surface area contributed by atoms with Crippen LogP contribution in [0.1, 0.15) is 26.7 Å². The van der Waals surface area contributed by atoms with Crippen LogP contribution in [0.15, 0.2) is 0 Å². The topological polar surface area (TPSA) is 32.3 Å². The molecule has 0 aliphatic carbocycles. The van der Waals surface area contributed by atoms with E-state index in [1.807, 2.05) is 23.7 Å². The lowest BCUT2D eigenvalue weighted by atomic mass is 10.1. The van der Waals surface area contributed by atoms with Gasteiger partial charge >= 0.3 is 0 Å². The van der Waals surface area contributed by atoms with E-state index in [0.717, 1.165) is 25.3 Å². The minimum atomic E-state index is 0.278. The van der Waals surface area contributed by atoms with Gasteiger partial charge < -0.3 is 10.2 Å². The number of thioether (sulfide) groups is 1. The Balaban J connectivity index is 2.27. The number of nitrogens with zero attached hydrogens (tertiary/aromatic N) is 1. The van der Waals surface area contributed by atoms with Crippen molar-refractivity contribution in [3.63, 3.8) is 0 Å². The monoisotopic (exact) mass is 244 g/mol. The molecule has 1 amide bonds. The number of nitrogens with one attached hydrogen (secondary N) is 1. The molecule has 0 aromatic rings. The van der Waals surface area contributed by atoms with E-state index < -0.39 is 0 Å². The first kappa shape index (κ1) is 13.8. The standard InChI is InChI=1S/C12H24N2OS/c1-4-10(2)8-14(3)12(15)7-11-9-16-6-5-13-11/h10-11,13H,4-9H2,1-3H3. The fourth-order valence-electron chi connectivity index (χ4n) is 1.82. The minimum Gasteiger partial charge on any atom is -0.345 e. The second kappa shape index (κ2) is 7.17. The van der Waals surface area contributed by atoms with Crippen LogP contribution in [0.25, 0.3) is 0 Å². The van der Waals surface area contributed by atoms with Gasteiger partial charge in [-0.1, -0.05) is 20.3 Å². The van der Waals surface area contributed by atoms with Gasteiger partial charge in [-0.25, -0.2) is 0 Å². The summed E-state index contributed by atoms with van der Waals surface area (Å²) in [7, 11) is 1.92. The molecule has 1 aliphatic heterocycles. The van der Waals surface area contributed by atoms with Crippen molar-refractivity contribution in [3.8, 4) is 0 Å². The third-order valence-electron chi connectivity index (χ3n) is 3.13. The normalized spacial score (nSPS) is 22.8. The number of carbonyl (C=O) groups excluding carboxylic acids is 1. The number of rotatable bonds is 5. The van der Waals surface area contributed by atoms with Crippen molar-refractivity contribution in [2.45, 2.75) is 32.7 Å². The SMILES string of the molecule is CCC(C)CN(C)C(=O)CC1CSCCN1. The molecule has 1 N–H and O–H groups in total. The fourth-order valence-corrected chi connectivity index (χ4v) is 2.76. The van der Waals surface area contributed by atoms with E-state index in [2.05, 4.69) is 19.2 Å². The van der Waals surface area contributed by atoms with Crippen molar-refractivity contribution < 1.29 is 4.79 Å². The predicted octanol–water partition coefficient (Wildman–Crippen LogP) is 1.59. The zero-order chi connectivity index (χ0) is 12.0. The molecule has 0 aromatic carbocycles. The van der Waals surface area contributed by atoms with Crippen LogP contribution in [0, 0.1) is 5.92 Å². The number of carbonyl (C=O) groups is 1. The Labute approximate surface area is 103 Å². The highest BCUT2D eigenvalue weighted by atomic mass is 32.2. The molecule has 1 saturated heterocycles. The van der Waals surface area contributed by atoms with E-state index in [-0.39, 0.29) is 5.91 Å². The second-order valence-electron chi connectivity index (χ2n) is 4.72. The Hall–Kier alpha value is -0.220. The molecule has 1 aliphatic rings. The number of hydrogen-bond donors (Lipinski definition) is 1. The molecule has 0 saturated carbocycles. The van der Waals surface area contributed by atoms with Crippen LogP contribution >= 0.6 is 11.8 Å². The molecule has 2 unspecified atom stereocenters. The lowest BCUT2D eigenvalue weighted by Gasteiger charge is -2.26. The summed E-state index contributed by atoms with van der Waals surface area (Å²) < 4.78 is 0. The van der Waals surface area contributed by atoms with E-state index in [0.29, 0.717) is 18.4 Å². The van der Waals surface area contributed by atoms with Gasteiger partial charge in [0.25, 0.3) is 0 Å². The van der Waals surface area contributed by atoms with Gasteiger partial charge in [-0.3, -0.25) is 4.79 Å². The van der Waals surface area contributed by atoms with Crippen LogP contribution in [0.3, 0.4) is 0 Å². The van der Waals surface area contributed by atoms with Crippen molar-refractivity contribution in [2.75, 3.05) is 31.6 Å². The first-order valence-electron chi connectivity index (χ1n) is 6.18. The van der Waals surface area contributed by atoms with Crippen LogP contribution in [-0.2, 0) is 4.79 Å². The molecule has 4 heteroatoms. The van der Waals surface area contributed by atoms with Crippen molar-refractivity contribution >= 4 is 17.7 Å². The summed E-state index contributed by atoms with van der Waals surface area (Å²) in [5.41, 5.74) is 0. The molecule has 94 valence electrons. The van der Waals surface area contributed by atoms with Crippen LogP contribution < -0.4 is 5.32 Å². The highest BCUT2D eigenvalue weighted by Crippen LogP contribution is 2.12. The maximum Gasteiger partial charge on any atom is 0.223 e. The molecule has 2 atom stereocenters. The minimum absolute atomic E-state index is 0.278. The molecular formula is C12H24N2OS. The average molecular weight is 244 g/mol. The highest BCUT2D eigenvalue weighted by molar-refractivity contribution is 7.99. The Kier molecular flexibility index (Phi) is 6.21. The first-order chi connectivity index (χ1) is 7.63. The van der Waals surface area contributed by atoms with E-state index in [9.17, 15) is 4.79 Å². The van der Waals surface area contributed by atoms with Gasteiger partial charge in [-0.2, -0.15) is 11.8 Å². The zero-order valence-corrected chi connectivity index (χ0v) is 11.5. The maximum absolute atomic E-state index is 11.9. The lowest BCUT2D eigenvalue weighted by molar-refractivity contribution is -0.130. The summed E-state index contributed by atoms with van der Waals surface area (Å²) in [6, 6.07) is 0.380. The summed E-state index contributed by atoms with van der Waals surface area (Å²) in [4.78, 5) is 13.8. The largest absolute Gasteiger partial charge is 0.345 e. The number of hydrogen-bond acceptors (Lipinski definition) is 3. The van der Waals surface area contributed by atoms with Gasteiger partial charge in [0, 0.05) is 44.1 Å². The van der Waals surface area contributed by atoms with Crippen molar-refractivity contribution in [1.29, 1.82) is 0 Å². The summed E-state index contributed by atoms with van der Waals surface area (Å²) >= 11 is 1.94. The molecular weight excluding hydrogens is 220 g/mol. The Morgan fingerprint density at radius 3 is 2.94 bits per heavy atom. The highest BCUT2D eigenvalue weighted by Gasteiger charge is 2.19. The quantitative estimate of drug-likeness (QED) is 0.797. The van der Waals surface area contributed by atoms with Gasteiger partial charge in [0.05, 0.1) is 0 Å². The summed E-state index contributed by atoms with van der Waals surface area (Å²) in [6.07, 6.45) is 1.79. The second-order valence-corrected chi connectivity index (χ2v) is 5.87. The Bertz CT molecular complexity index is 217. The fraction of sp³-hybridized carbons (Fsp3) is 0.917. The average Bonchev–Trinajstić information content (AvgIpc) is 2.30. The van der Waals surface area contributed by atoms with Gasteiger partial charge in [-0.05, 0) is 5.92 Å². The van der Waals surface area contributed by atoms with Gasteiger partial charge in [0.15, 0.2) is 0 Å². The van der Waals surface area contributed by atoms with E-state index in [1.165, 1.54) is 5.75 Å². The smallest absolute Gasteiger partial charge is 0.223 e. The Morgan fingerprint density at radius 2 is 2.38 bits per heavy atom. The molecule has 0 bridgehead atoms. The van der Waals surface area contributed by atoms with E-state index >= 15 is 0 Å². The third kappa shape index (κ3) is 4.74. The van der Waals surface area contributed by atoms with Crippen molar-refractivity contribution in [2.24, 2.45) is 5.92 Å². The Morgan fingerprint density at radius 1 is 1.62 bits per heavy atom. The summed E-state index contributed by atoms with van der Waals surface area (Å²) in [6.45, 7) is 6.29. The van der Waals surface area contributed by atoms with E-state index in [4.69, 9.17) is 0 Å². The molecule has 3 nitrogen and oxygen atoms in total. The van der Waals surface area contributed by atoms with Crippen LogP contribution in [-0.4, -0.2) is 48.5 Å². The molecule has 0 spiro atoms. The number of amides is 1. The third-order valence-corrected chi connectivity index (χ3v) is 4.26. The first-order valence-corrected chi connectivity index (χ1v) is 7.34. The molecule has 1 fully saturated rings. The predicted molar refractivity (Wildman–Crippen MR) is 70.8 cm³/mol. The lowest BCUT2D eigenvalue weighted by Crippen LogP contribution is -2.42. The van der Waals surface area contributed by atoms with Crippen LogP contribution in [0.5, 0.6) is 0 Å². The molecule has 1 heterocycles. The molecule has 1 rings (SSSR count).